The Morgan fingerprint density at radius 2 is 1.89 bits per heavy atom. The van der Waals surface area contributed by atoms with Crippen molar-refractivity contribution in [2.24, 2.45) is 0 Å². The zero-order chi connectivity index (χ0) is 24.5. The molecule has 0 fully saturated rings. The predicted molar refractivity (Wildman–Crippen MR) is 137 cm³/mol. The molecule has 2 heterocycles. The highest BCUT2D eigenvalue weighted by Gasteiger charge is 2.34. The van der Waals surface area contributed by atoms with Gasteiger partial charge in [-0.05, 0) is 48.9 Å². The number of ether oxygens (including phenoxy) is 1. The van der Waals surface area contributed by atoms with Gasteiger partial charge in [0, 0.05) is 15.7 Å². The summed E-state index contributed by atoms with van der Waals surface area (Å²) in [5, 5.41) is 20.9. The first-order chi connectivity index (χ1) is 16.9. The summed E-state index contributed by atoms with van der Waals surface area (Å²) in [6, 6.07) is 21.2. The summed E-state index contributed by atoms with van der Waals surface area (Å²) in [6.07, 6.45) is 0. The van der Waals surface area contributed by atoms with Crippen LogP contribution in [0.5, 0.6) is 11.5 Å². The highest BCUT2D eigenvalue weighted by atomic mass is 79.9. The van der Waals surface area contributed by atoms with Crippen LogP contribution in [-0.4, -0.2) is 32.9 Å². The molecule has 0 radical (unpaired) electrons. The zero-order valence-electron chi connectivity index (χ0n) is 19.0. The first-order valence-corrected chi connectivity index (χ1v) is 11.7. The first kappa shape index (κ1) is 22.7. The van der Waals surface area contributed by atoms with E-state index in [4.69, 9.17) is 9.84 Å². The van der Waals surface area contributed by atoms with E-state index in [-0.39, 0.29) is 11.7 Å². The van der Waals surface area contributed by atoms with Crippen molar-refractivity contribution in [3.05, 3.63) is 94.1 Å². The van der Waals surface area contributed by atoms with Gasteiger partial charge in [0.25, 0.3) is 5.91 Å². The third-order valence-corrected chi connectivity index (χ3v) is 6.27. The van der Waals surface area contributed by atoms with Crippen LogP contribution in [-0.2, 0) is 4.79 Å². The second kappa shape index (κ2) is 9.27. The van der Waals surface area contributed by atoms with E-state index in [2.05, 4.69) is 31.5 Å². The topological polar surface area (TPSA) is 101 Å². The van der Waals surface area contributed by atoms with Crippen molar-refractivity contribution >= 4 is 33.5 Å². The molecule has 1 amide bonds. The lowest BCUT2D eigenvalue weighted by molar-refractivity contribution is -0.113. The fourth-order valence-electron chi connectivity index (χ4n) is 4.10. The normalized spacial score (nSPS) is 14.8. The lowest BCUT2D eigenvalue weighted by Gasteiger charge is -2.29. The van der Waals surface area contributed by atoms with Gasteiger partial charge in [-0.3, -0.25) is 4.79 Å². The van der Waals surface area contributed by atoms with Crippen LogP contribution in [0.2, 0.25) is 0 Å². The van der Waals surface area contributed by atoms with Crippen LogP contribution in [0.25, 0.3) is 11.4 Å². The predicted octanol–water partition coefficient (Wildman–Crippen LogP) is 5.35. The smallest absolute Gasteiger partial charge is 0.255 e. The summed E-state index contributed by atoms with van der Waals surface area (Å²) in [7, 11) is 1.56. The molecule has 5 rings (SSSR count). The molecule has 1 aliphatic heterocycles. The van der Waals surface area contributed by atoms with E-state index in [1.54, 1.807) is 42.1 Å². The molecule has 35 heavy (non-hydrogen) atoms. The number of carbonyl (C=O) groups excluding carboxylic acids is 1. The van der Waals surface area contributed by atoms with Gasteiger partial charge in [0.05, 0.1) is 18.4 Å². The number of rotatable bonds is 5. The minimum Gasteiger partial charge on any atom is -0.508 e. The van der Waals surface area contributed by atoms with Crippen molar-refractivity contribution in [3.8, 4) is 22.9 Å². The van der Waals surface area contributed by atoms with E-state index in [1.807, 2.05) is 49.4 Å². The van der Waals surface area contributed by atoms with Gasteiger partial charge in [-0.2, -0.15) is 4.98 Å². The standard InChI is InChI=1S/C26H22BrN5O3/c1-15-22(25(34)29-20-8-3-4-9-21(20)35-2)23(16-10-12-18(27)13-11-16)32-26(28-15)30-24(31-32)17-6-5-7-19(33)14-17/h3-14,23,33H,1-2H3,(H,29,34)(H,28,30,31). The Balaban J connectivity index is 1.60. The average molecular weight is 532 g/mol. The van der Waals surface area contributed by atoms with Crippen LogP contribution in [0.1, 0.15) is 18.5 Å². The van der Waals surface area contributed by atoms with E-state index in [9.17, 15) is 9.90 Å². The Morgan fingerprint density at radius 1 is 1.11 bits per heavy atom. The molecule has 3 N–H and O–H groups in total. The molecular formula is C26H22BrN5O3. The quantitative estimate of drug-likeness (QED) is 0.321. The Morgan fingerprint density at radius 3 is 2.63 bits per heavy atom. The van der Waals surface area contributed by atoms with Crippen LogP contribution in [0, 0.1) is 0 Å². The Labute approximate surface area is 210 Å². The molecule has 0 aliphatic carbocycles. The molecule has 3 aromatic carbocycles. The maximum absolute atomic E-state index is 13.7. The number of phenolic OH excluding ortho intramolecular Hbond substituents is 1. The number of halogens is 1. The highest BCUT2D eigenvalue weighted by molar-refractivity contribution is 9.10. The van der Waals surface area contributed by atoms with Gasteiger partial charge < -0.3 is 20.5 Å². The van der Waals surface area contributed by atoms with Gasteiger partial charge in [0.15, 0.2) is 5.82 Å². The summed E-state index contributed by atoms with van der Waals surface area (Å²) in [4.78, 5) is 18.3. The number of phenols is 1. The van der Waals surface area contributed by atoms with E-state index in [0.717, 1.165) is 10.0 Å². The molecule has 1 aromatic heterocycles. The summed E-state index contributed by atoms with van der Waals surface area (Å²) in [5.41, 5.74) is 3.26. The second-order valence-corrected chi connectivity index (χ2v) is 8.94. The monoisotopic (exact) mass is 531 g/mol. The van der Waals surface area contributed by atoms with Crippen LogP contribution >= 0.6 is 15.9 Å². The third kappa shape index (κ3) is 4.38. The number of amides is 1. The molecule has 4 aromatic rings. The molecular weight excluding hydrogens is 510 g/mol. The maximum atomic E-state index is 13.7. The summed E-state index contributed by atoms with van der Waals surface area (Å²) < 4.78 is 8.03. The number of hydrogen-bond donors (Lipinski definition) is 3. The molecule has 1 aliphatic rings. The van der Waals surface area contributed by atoms with Gasteiger partial charge in [0.2, 0.25) is 5.95 Å². The highest BCUT2D eigenvalue weighted by Crippen LogP contribution is 2.38. The van der Waals surface area contributed by atoms with E-state index in [1.165, 1.54) is 0 Å². The minimum absolute atomic E-state index is 0.124. The largest absolute Gasteiger partial charge is 0.508 e. The third-order valence-electron chi connectivity index (χ3n) is 5.74. The van der Waals surface area contributed by atoms with Crippen molar-refractivity contribution in [2.45, 2.75) is 13.0 Å². The number of nitrogens with one attached hydrogen (secondary N) is 2. The lowest BCUT2D eigenvalue weighted by atomic mass is 9.95. The fraction of sp³-hybridized carbons (Fsp3) is 0.115. The molecule has 0 spiro atoms. The Hall–Kier alpha value is -4.11. The van der Waals surface area contributed by atoms with Crippen molar-refractivity contribution in [1.82, 2.24) is 14.8 Å². The van der Waals surface area contributed by atoms with Gasteiger partial charge in [-0.1, -0.05) is 52.3 Å². The molecule has 0 saturated carbocycles. The fourth-order valence-corrected chi connectivity index (χ4v) is 4.37. The second-order valence-electron chi connectivity index (χ2n) is 8.03. The van der Waals surface area contributed by atoms with Crippen LogP contribution in [0.15, 0.2) is 88.5 Å². The number of methoxy groups -OCH3 is 1. The molecule has 8 nitrogen and oxygen atoms in total. The molecule has 0 bridgehead atoms. The number of nitrogens with zero attached hydrogens (tertiary/aromatic N) is 3. The number of benzene rings is 3. The SMILES string of the molecule is COc1ccccc1NC(=O)C1=C(C)Nc2nc(-c3cccc(O)c3)nn2C1c1ccc(Br)cc1. The van der Waals surface area contributed by atoms with E-state index < -0.39 is 6.04 Å². The Kier molecular flexibility index (Phi) is 6.00. The minimum atomic E-state index is -0.535. The van der Waals surface area contributed by atoms with Gasteiger partial charge in [-0.15, -0.1) is 5.10 Å². The number of aromatic hydroxyl groups is 1. The molecule has 176 valence electrons. The number of hydrogen-bond acceptors (Lipinski definition) is 6. The molecule has 1 atom stereocenters. The number of allylic oxidation sites excluding steroid dienone is 1. The van der Waals surface area contributed by atoms with Crippen LogP contribution in [0.3, 0.4) is 0 Å². The summed E-state index contributed by atoms with van der Waals surface area (Å²) in [6.45, 7) is 1.84. The van der Waals surface area contributed by atoms with Crippen molar-refractivity contribution in [3.63, 3.8) is 0 Å². The number of aromatic nitrogens is 3. The zero-order valence-corrected chi connectivity index (χ0v) is 20.6. The maximum Gasteiger partial charge on any atom is 0.255 e. The van der Waals surface area contributed by atoms with Crippen molar-refractivity contribution in [1.29, 1.82) is 0 Å². The van der Waals surface area contributed by atoms with E-state index >= 15 is 0 Å². The van der Waals surface area contributed by atoms with Gasteiger partial charge >= 0.3 is 0 Å². The average Bonchev–Trinajstić information content (AvgIpc) is 3.28. The number of carbonyl (C=O) groups is 1. The van der Waals surface area contributed by atoms with Gasteiger partial charge in [0.1, 0.15) is 17.5 Å². The van der Waals surface area contributed by atoms with Crippen molar-refractivity contribution < 1.29 is 14.6 Å². The van der Waals surface area contributed by atoms with E-state index in [0.29, 0.717) is 40.0 Å². The van der Waals surface area contributed by atoms with Gasteiger partial charge in [-0.25, -0.2) is 4.68 Å². The van der Waals surface area contributed by atoms with Crippen LogP contribution < -0.4 is 15.4 Å². The van der Waals surface area contributed by atoms with Crippen molar-refractivity contribution in [2.75, 3.05) is 17.7 Å². The number of fused-ring (bicyclic) bond motifs is 1. The molecule has 9 heteroatoms. The summed E-state index contributed by atoms with van der Waals surface area (Å²) >= 11 is 3.48. The molecule has 0 saturated heterocycles. The summed E-state index contributed by atoms with van der Waals surface area (Å²) in [5.74, 6) is 1.34. The number of para-hydroxylation sites is 2. The molecule has 1 unspecified atom stereocenters. The first-order valence-electron chi connectivity index (χ1n) is 10.9. The van der Waals surface area contributed by atoms with Crippen LogP contribution in [0.4, 0.5) is 11.6 Å². The Bertz CT molecular complexity index is 1450. The lowest BCUT2D eigenvalue weighted by Crippen LogP contribution is -2.31. The number of anilines is 2.